The van der Waals surface area contributed by atoms with Crippen LogP contribution >= 0.6 is 11.6 Å². The molecule has 2 amide bonds. The molecular formula is C21H22ClFN4O2. The Morgan fingerprint density at radius 1 is 1.21 bits per heavy atom. The van der Waals surface area contributed by atoms with E-state index in [0.717, 1.165) is 5.56 Å². The second-order valence-electron chi connectivity index (χ2n) is 7.81. The number of primary amides is 1. The minimum absolute atomic E-state index is 0.00405. The van der Waals surface area contributed by atoms with Crippen LogP contribution in [0.15, 0.2) is 36.4 Å². The summed E-state index contributed by atoms with van der Waals surface area (Å²) in [7, 11) is 0. The molecule has 152 valence electrons. The van der Waals surface area contributed by atoms with Crippen molar-refractivity contribution < 1.29 is 14.0 Å². The van der Waals surface area contributed by atoms with E-state index in [2.05, 4.69) is 10.4 Å². The predicted octanol–water partition coefficient (Wildman–Crippen LogP) is 3.54. The number of amides is 2. The van der Waals surface area contributed by atoms with Crippen LogP contribution in [0.3, 0.4) is 0 Å². The minimum Gasteiger partial charge on any atom is -0.364 e. The minimum atomic E-state index is -0.660. The maximum atomic E-state index is 14.0. The molecule has 8 heteroatoms. The molecule has 0 aliphatic carbocycles. The van der Waals surface area contributed by atoms with Crippen molar-refractivity contribution in [3.05, 3.63) is 64.1 Å². The molecule has 0 atom stereocenters. The fraction of sp³-hybridized carbons (Fsp3) is 0.286. The first-order valence-corrected chi connectivity index (χ1v) is 9.46. The van der Waals surface area contributed by atoms with Gasteiger partial charge in [-0.3, -0.25) is 14.3 Å². The third-order valence-corrected chi connectivity index (χ3v) is 4.91. The first kappa shape index (κ1) is 20.8. The molecule has 0 spiro atoms. The number of nitrogens with zero attached hydrogens (tertiary/aromatic N) is 2. The van der Waals surface area contributed by atoms with Gasteiger partial charge in [-0.25, -0.2) is 4.39 Å². The Labute approximate surface area is 172 Å². The first-order chi connectivity index (χ1) is 13.6. The van der Waals surface area contributed by atoms with Crippen LogP contribution in [-0.4, -0.2) is 21.6 Å². The fourth-order valence-electron chi connectivity index (χ4n) is 3.22. The predicted molar refractivity (Wildman–Crippen MR) is 110 cm³/mol. The van der Waals surface area contributed by atoms with Gasteiger partial charge in [0, 0.05) is 17.5 Å². The number of benzene rings is 2. The molecule has 0 saturated carbocycles. The van der Waals surface area contributed by atoms with Crippen LogP contribution in [0.25, 0.3) is 10.9 Å². The quantitative estimate of drug-likeness (QED) is 0.666. The average Bonchev–Trinajstić information content (AvgIpc) is 3.01. The van der Waals surface area contributed by atoms with Gasteiger partial charge in [0.05, 0.1) is 10.5 Å². The second-order valence-corrected chi connectivity index (χ2v) is 8.22. The standard InChI is InChI=1S/C21H22ClFN4O2/c1-21(2,3)13-7-5-9-15-17(13)19(20(24)29)26-27(15)11-16(28)25-10-12-6-4-8-14(22)18(12)23/h4-9H,10-11H2,1-3H3,(H2,24,29)(H,25,28). The van der Waals surface area contributed by atoms with Gasteiger partial charge in [-0.15, -0.1) is 0 Å². The van der Waals surface area contributed by atoms with Crippen LogP contribution in [-0.2, 0) is 23.3 Å². The number of nitrogens with two attached hydrogens (primary N) is 1. The summed E-state index contributed by atoms with van der Waals surface area (Å²) >= 11 is 5.76. The van der Waals surface area contributed by atoms with Crippen molar-refractivity contribution in [3.63, 3.8) is 0 Å². The zero-order chi connectivity index (χ0) is 21.3. The lowest BCUT2D eigenvalue weighted by molar-refractivity contribution is -0.121. The summed E-state index contributed by atoms with van der Waals surface area (Å²) in [6.07, 6.45) is 0. The van der Waals surface area contributed by atoms with Crippen molar-refractivity contribution in [2.45, 2.75) is 39.3 Å². The number of carbonyl (C=O) groups is 2. The Bertz CT molecular complexity index is 1100. The molecule has 0 fully saturated rings. The number of halogens is 2. The Balaban J connectivity index is 1.89. The van der Waals surface area contributed by atoms with E-state index >= 15 is 0 Å². The number of carbonyl (C=O) groups excluding carboxylic acids is 2. The number of rotatable bonds is 5. The Morgan fingerprint density at radius 2 is 1.90 bits per heavy atom. The van der Waals surface area contributed by atoms with Gasteiger partial charge in [-0.05, 0) is 23.1 Å². The van der Waals surface area contributed by atoms with Gasteiger partial charge >= 0.3 is 0 Å². The highest BCUT2D eigenvalue weighted by molar-refractivity contribution is 6.30. The molecule has 0 unspecified atom stereocenters. The first-order valence-electron chi connectivity index (χ1n) is 9.09. The molecule has 0 saturated heterocycles. The average molecular weight is 417 g/mol. The highest BCUT2D eigenvalue weighted by atomic mass is 35.5. The van der Waals surface area contributed by atoms with Crippen molar-refractivity contribution in [1.29, 1.82) is 0 Å². The number of hydrogen-bond acceptors (Lipinski definition) is 3. The second kappa shape index (κ2) is 7.83. The molecule has 29 heavy (non-hydrogen) atoms. The zero-order valence-corrected chi connectivity index (χ0v) is 17.2. The van der Waals surface area contributed by atoms with E-state index in [1.54, 1.807) is 18.2 Å². The molecule has 0 aliphatic rings. The smallest absolute Gasteiger partial charge is 0.269 e. The summed E-state index contributed by atoms with van der Waals surface area (Å²) in [5.74, 6) is -1.61. The van der Waals surface area contributed by atoms with Gasteiger partial charge in [0.15, 0.2) is 5.69 Å². The molecule has 1 heterocycles. The Kier molecular flexibility index (Phi) is 5.61. The molecule has 6 nitrogen and oxygen atoms in total. The Morgan fingerprint density at radius 3 is 2.55 bits per heavy atom. The topological polar surface area (TPSA) is 90.0 Å². The maximum Gasteiger partial charge on any atom is 0.269 e. The number of aromatic nitrogens is 2. The van der Waals surface area contributed by atoms with Crippen molar-refractivity contribution in [3.8, 4) is 0 Å². The third-order valence-electron chi connectivity index (χ3n) is 4.62. The molecule has 2 aromatic carbocycles. The normalized spacial score (nSPS) is 11.6. The van der Waals surface area contributed by atoms with Gasteiger partial charge in [0.2, 0.25) is 5.91 Å². The van der Waals surface area contributed by atoms with Crippen molar-refractivity contribution in [1.82, 2.24) is 15.1 Å². The van der Waals surface area contributed by atoms with Crippen molar-refractivity contribution >= 4 is 34.3 Å². The van der Waals surface area contributed by atoms with E-state index in [4.69, 9.17) is 17.3 Å². The summed E-state index contributed by atoms with van der Waals surface area (Å²) in [5, 5.41) is 7.56. The molecule has 1 aromatic heterocycles. The molecule has 0 radical (unpaired) electrons. The maximum absolute atomic E-state index is 14.0. The summed E-state index contributed by atoms with van der Waals surface area (Å²) < 4.78 is 15.4. The zero-order valence-electron chi connectivity index (χ0n) is 16.4. The van der Waals surface area contributed by atoms with Gasteiger partial charge in [0.25, 0.3) is 5.91 Å². The van der Waals surface area contributed by atoms with Crippen LogP contribution in [0.5, 0.6) is 0 Å². The van der Waals surface area contributed by atoms with E-state index < -0.39 is 11.7 Å². The van der Waals surface area contributed by atoms with E-state index in [-0.39, 0.29) is 40.7 Å². The van der Waals surface area contributed by atoms with Crippen LogP contribution in [0.2, 0.25) is 5.02 Å². The fourth-order valence-corrected chi connectivity index (χ4v) is 3.41. The van der Waals surface area contributed by atoms with Gasteiger partial charge < -0.3 is 11.1 Å². The van der Waals surface area contributed by atoms with E-state index in [1.165, 1.54) is 10.7 Å². The summed E-state index contributed by atoms with van der Waals surface area (Å²) in [5.41, 5.74) is 7.24. The molecule has 3 rings (SSSR count). The SMILES string of the molecule is CC(C)(C)c1cccc2c1c(C(N)=O)nn2CC(=O)NCc1cccc(Cl)c1F. The number of fused-ring (bicyclic) bond motifs is 1. The highest BCUT2D eigenvalue weighted by Gasteiger charge is 2.24. The Hall–Kier alpha value is -2.93. The van der Waals surface area contributed by atoms with Crippen molar-refractivity contribution in [2.24, 2.45) is 5.73 Å². The summed E-state index contributed by atoms with van der Waals surface area (Å²) in [6, 6.07) is 10.2. The van der Waals surface area contributed by atoms with Crippen LogP contribution in [0.4, 0.5) is 4.39 Å². The lowest BCUT2D eigenvalue weighted by Gasteiger charge is -2.20. The van der Waals surface area contributed by atoms with E-state index in [0.29, 0.717) is 10.9 Å². The van der Waals surface area contributed by atoms with Crippen LogP contribution in [0.1, 0.15) is 42.4 Å². The van der Waals surface area contributed by atoms with Gasteiger partial charge in [-0.1, -0.05) is 56.6 Å². The van der Waals surface area contributed by atoms with Gasteiger partial charge in [-0.2, -0.15) is 5.10 Å². The molecule has 3 N–H and O–H groups in total. The van der Waals surface area contributed by atoms with Crippen molar-refractivity contribution in [2.75, 3.05) is 0 Å². The largest absolute Gasteiger partial charge is 0.364 e. The number of hydrogen-bond donors (Lipinski definition) is 2. The molecular weight excluding hydrogens is 395 g/mol. The van der Waals surface area contributed by atoms with Crippen LogP contribution < -0.4 is 11.1 Å². The molecule has 0 aliphatic heterocycles. The van der Waals surface area contributed by atoms with Crippen LogP contribution in [0, 0.1) is 5.82 Å². The summed E-state index contributed by atoms with van der Waals surface area (Å²) in [4.78, 5) is 24.4. The lowest BCUT2D eigenvalue weighted by atomic mass is 9.84. The highest BCUT2D eigenvalue weighted by Crippen LogP contribution is 2.32. The van der Waals surface area contributed by atoms with E-state index in [1.807, 2.05) is 32.9 Å². The third kappa shape index (κ3) is 4.24. The lowest BCUT2D eigenvalue weighted by Crippen LogP contribution is -2.28. The molecule has 0 bridgehead atoms. The van der Waals surface area contributed by atoms with E-state index in [9.17, 15) is 14.0 Å². The monoisotopic (exact) mass is 416 g/mol. The molecule has 3 aromatic rings. The number of nitrogens with one attached hydrogen (secondary N) is 1. The van der Waals surface area contributed by atoms with Gasteiger partial charge in [0.1, 0.15) is 12.4 Å². The summed E-state index contributed by atoms with van der Waals surface area (Å²) in [6.45, 7) is 5.92.